The van der Waals surface area contributed by atoms with Crippen LogP contribution in [0.5, 0.6) is 5.75 Å². The maximum atomic E-state index is 12.4. The lowest BCUT2D eigenvalue weighted by Crippen LogP contribution is -2.23. The summed E-state index contributed by atoms with van der Waals surface area (Å²) in [5, 5.41) is 0.880. The first-order valence-electron chi connectivity index (χ1n) is 8.33. The Labute approximate surface area is 146 Å². The highest BCUT2D eigenvalue weighted by Crippen LogP contribution is 2.25. The first kappa shape index (κ1) is 17.0. The summed E-state index contributed by atoms with van der Waals surface area (Å²) < 4.78 is 11.2. The number of ketones is 1. The Kier molecular flexibility index (Phi) is 4.70. The summed E-state index contributed by atoms with van der Waals surface area (Å²) in [5.41, 5.74) is 2.36. The van der Waals surface area contributed by atoms with Gasteiger partial charge in [-0.05, 0) is 38.0 Å². The zero-order valence-corrected chi connectivity index (χ0v) is 14.5. The molecule has 0 aliphatic carbocycles. The highest BCUT2D eigenvalue weighted by molar-refractivity contribution is 5.99. The van der Waals surface area contributed by atoms with E-state index < -0.39 is 6.10 Å². The van der Waals surface area contributed by atoms with Gasteiger partial charge >= 0.3 is 5.63 Å². The van der Waals surface area contributed by atoms with Crippen molar-refractivity contribution in [3.05, 3.63) is 75.6 Å². The van der Waals surface area contributed by atoms with E-state index in [2.05, 4.69) is 0 Å². The monoisotopic (exact) mass is 336 g/mol. The van der Waals surface area contributed by atoms with E-state index in [1.807, 2.05) is 38.1 Å². The van der Waals surface area contributed by atoms with Crippen LogP contribution in [0.4, 0.5) is 0 Å². The molecule has 0 bridgehead atoms. The first-order chi connectivity index (χ1) is 12.0. The summed E-state index contributed by atoms with van der Waals surface area (Å²) >= 11 is 0. The van der Waals surface area contributed by atoms with Gasteiger partial charge in [0, 0.05) is 22.6 Å². The number of carbonyl (C=O) groups excluding carboxylic acids is 1. The molecule has 1 aromatic heterocycles. The fourth-order valence-corrected chi connectivity index (χ4v) is 2.95. The lowest BCUT2D eigenvalue weighted by molar-refractivity contribution is 0.0818. The van der Waals surface area contributed by atoms with Crippen molar-refractivity contribution in [3.8, 4) is 5.75 Å². The predicted octanol–water partition coefficient (Wildman–Crippen LogP) is 4.31. The van der Waals surface area contributed by atoms with Crippen LogP contribution in [0, 0.1) is 6.92 Å². The van der Waals surface area contributed by atoms with Crippen molar-refractivity contribution in [2.75, 3.05) is 0 Å². The molecule has 0 aliphatic heterocycles. The third-order valence-corrected chi connectivity index (χ3v) is 4.35. The molecule has 0 spiro atoms. The van der Waals surface area contributed by atoms with Gasteiger partial charge in [0.2, 0.25) is 5.78 Å². The van der Waals surface area contributed by atoms with Crippen LogP contribution in [0.25, 0.3) is 11.0 Å². The SMILES string of the molecule is CCc1c(C)c2ccc(O[C@H](C)C(=O)c3ccccc3)cc2oc1=O. The van der Waals surface area contributed by atoms with Crippen molar-refractivity contribution in [1.29, 1.82) is 0 Å². The Bertz CT molecular complexity index is 970. The molecule has 3 aromatic rings. The highest BCUT2D eigenvalue weighted by atomic mass is 16.5. The van der Waals surface area contributed by atoms with Crippen LogP contribution in [0.1, 0.15) is 35.3 Å². The molecule has 2 aromatic carbocycles. The van der Waals surface area contributed by atoms with Gasteiger partial charge in [0.25, 0.3) is 0 Å². The van der Waals surface area contributed by atoms with Gasteiger partial charge < -0.3 is 9.15 Å². The van der Waals surface area contributed by atoms with E-state index in [0.29, 0.717) is 28.9 Å². The van der Waals surface area contributed by atoms with Gasteiger partial charge in [-0.3, -0.25) is 4.79 Å². The number of Topliss-reactive ketones (excluding diaryl/α,β-unsaturated/α-hetero) is 1. The largest absolute Gasteiger partial charge is 0.482 e. The van der Waals surface area contributed by atoms with Gasteiger partial charge in [-0.2, -0.15) is 0 Å². The molecule has 0 saturated heterocycles. The lowest BCUT2D eigenvalue weighted by Gasteiger charge is -2.14. The molecular formula is C21H20O4. The van der Waals surface area contributed by atoms with E-state index in [-0.39, 0.29) is 11.4 Å². The van der Waals surface area contributed by atoms with E-state index in [0.717, 1.165) is 10.9 Å². The average molecular weight is 336 g/mol. The van der Waals surface area contributed by atoms with E-state index in [4.69, 9.17) is 9.15 Å². The van der Waals surface area contributed by atoms with Crippen LogP contribution >= 0.6 is 0 Å². The van der Waals surface area contributed by atoms with Gasteiger partial charge in [-0.25, -0.2) is 4.79 Å². The number of rotatable bonds is 5. The lowest BCUT2D eigenvalue weighted by atomic mass is 10.0. The van der Waals surface area contributed by atoms with Crippen molar-refractivity contribution in [3.63, 3.8) is 0 Å². The van der Waals surface area contributed by atoms with E-state index in [9.17, 15) is 9.59 Å². The van der Waals surface area contributed by atoms with Crippen molar-refractivity contribution in [1.82, 2.24) is 0 Å². The summed E-state index contributed by atoms with van der Waals surface area (Å²) in [6, 6.07) is 14.3. The number of hydrogen-bond acceptors (Lipinski definition) is 4. The van der Waals surface area contributed by atoms with E-state index in [1.54, 1.807) is 31.2 Å². The predicted molar refractivity (Wildman–Crippen MR) is 97.5 cm³/mol. The smallest absolute Gasteiger partial charge is 0.339 e. The molecule has 4 nitrogen and oxygen atoms in total. The van der Waals surface area contributed by atoms with Crippen LogP contribution < -0.4 is 10.4 Å². The highest BCUT2D eigenvalue weighted by Gasteiger charge is 2.17. The Hall–Kier alpha value is -2.88. The second-order valence-electron chi connectivity index (χ2n) is 5.99. The maximum Gasteiger partial charge on any atom is 0.339 e. The standard InChI is InChI=1S/C21H20O4/c1-4-17-13(2)18-11-10-16(12-19(18)25-21(17)23)24-14(3)20(22)15-8-6-5-7-9-15/h5-12,14H,4H2,1-3H3/t14-/m1/s1. The van der Waals surface area contributed by atoms with Crippen LogP contribution in [0.3, 0.4) is 0 Å². The minimum Gasteiger partial charge on any atom is -0.482 e. The van der Waals surface area contributed by atoms with Crippen molar-refractivity contribution in [2.24, 2.45) is 0 Å². The molecule has 0 fully saturated rings. The number of fused-ring (bicyclic) bond motifs is 1. The van der Waals surface area contributed by atoms with Crippen molar-refractivity contribution < 1.29 is 13.9 Å². The second-order valence-corrected chi connectivity index (χ2v) is 5.99. The Balaban J connectivity index is 1.90. The Morgan fingerprint density at radius 3 is 2.56 bits per heavy atom. The average Bonchev–Trinajstić information content (AvgIpc) is 2.62. The normalized spacial score (nSPS) is 12.1. The van der Waals surface area contributed by atoms with Gasteiger partial charge in [-0.1, -0.05) is 37.3 Å². The van der Waals surface area contributed by atoms with Gasteiger partial charge in [-0.15, -0.1) is 0 Å². The number of benzene rings is 2. The molecule has 1 atom stereocenters. The molecule has 0 aliphatic rings. The van der Waals surface area contributed by atoms with Crippen LogP contribution in [-0.4, -0.2) is 11.9 Å². The summed E-state index contributed by atoms with van der Waals surface area (Å²) in [7, 11) is 0. The van der Waals surface area contributed by atoms with E-state index >= 15 is 0 Å². The van der Waals surface area contributed by atoms with Crippen LogP contribution in [0.2, 0.25) is 0 Å². The second kappa shape index (κ2) is 6.93. The zero-order valence-electron chi connectivity index (χ0n) is 14.5. The molecule has 4 heteroatoms. The number of carbonyl (C=O) groups is 1. The van der Waals surface area contributed by atoms with Gasteiger partial charge in [0.05, 0.1) is 0 Å². The van der Waals surface area contributed by atoms with Crippen LogP contribution in [0.15, 0.2) is 57.7 Å². The maximum absolute atomic E-state index is 12.4. The fourth-order valence-electron chi connectivity index (χ4n) is 2.95. The van der Waals surface area contributed by atoms with Crippen molar-refractivity contribution in [2.45, 2.75) is 33.3 Å². The van der Waals surface area contributed by atoms with Crippen molar-refractivity contribution >= 4 is 16.8 Å². The minimum absolute atomic E-state index is 0.0975. The number of hydrogen-bond donors (Lipinski definition) is 0. The number of aryl methyl sites for hydroxylation is 1. The quantitative estimate of drug-likeness (QED) is 0.514. The molecule has 0 unspecified atom stereocenters. The molecule has 0 N–H and O–H groups in total. The summed E-state index contributed by atoms with van der Waals surface area (Å²) in [5.74, 6) is 0.399. The Morgan fingerprint density at radius 2 is 1.88 bits per heavy atom. The van der Waals surface area contributed by atoms with E-state index in [1.165, 1.54) is 0 Å². The van der Waals surface area contributed by atoms with Gasteiger partial charge in [0.1, 0.15) is 11.3 Å². The third kappa shape index (κ3) is 3.33. The summed E-state index contributed by atoms with van der Waals surface area (Å²) in [4.78, 5) is 24.5. The molecule has 0 amide bonds. The summed E-state index contributed by atoms with van der Waals surface area (Å²) in [6.45, 7) is 5.56. The molecule has 0 saturated carbocycles. The van der Waals surface area contributed by atoms with Gasteiger partial charge in [0.15, 0.2) is 6.10 Å². The fraction of sp³-hybridized carbons (Fsp3) is 0.238. The summed E-state index contributed by atoms with van der Waals surface area (Å²) in [6.07, 6.45) is -0.00657. The third-order valence-electron chi connectivity index (χ3n) is 4.35. The first-order valence-corrected chi connectivity index (χ1v) is 8.33. The molecule has 0 radical (unpaired) electrons. The Morgan fingerprint density at radius 1 is 1.16 bits per heavy atom. The topological polar surface area (TPSA) is 56.5 Å². The molecule has 25 heavy (non-hydrogen) atoms. The molecule has 128 valence electrons. The molecule has 1 heterocycles. The molecular weight excluding hydrogens is 316 g/mol. The van der Waals surface area contributed by atoms with Crippen LogP contribution in [-0.2, 0) is 6.42 Å². The number of ether oxygens (including phenoxy) is 1. The minimum atomic E-state index is -0.636. The molecule has 3 rings (SSSR count). The zero-order chi connectivity index (χ0) is 18.0.